The van der Waals surface area contributed by atoms with Gasteiger partial charge >= 0.3 is 10.1 Å². The van der Waals surface area contributed by atoms with Crippen molar-refractivity contribution in [2.75, 3.05) is 0 Å². The number of hydrogen-bond acceptors (Lipinski definition) is 3. The summed E-state index contributed by atoms with van der Waals surface area (Å²) in [6.07, 6.45) is 2.50. The SMILES string of the molecule is C=CNC(=Cc1ccccc1)S(=O)(=O)O. The Balaban J connectivity index is 3.11. The van der Waals surface area contributed by atoms with Gasteiger partial charge in [0.15, 0.2) is 5.03 Å². The molecule has 15 heavy (non-hydrogen) atoms. The van der Waals surface area contributed by atoms with Gasteiger partial charge in [0.25, 0.3) is 0 Å². The summed E-state index contributed by atoms with van der Waals surface area (Å²) in [7, 11) is -4.25. The van der Waals surface area contributed by atoms with Gasteiger partial charge in [0.1, 0.15) is 0 Å². The molecule has 0 aromatic heterocycles. The number of hydrogen-bond donors (Lipinski definition) is 2. The molecule has 0 atom stereocenters. The van der Waals surface area contributed by atoms with Gasteiger partial charge in [-0.1, -0.05) is 36.9 Å². The Morgan fingerprint density at radius 1 is 1.33 bits per heavy atom. The van der Waals surface area contributed by atoms with Crippen LogP contribution in [0.1, 0.15) is 5.56 Å². The summed E-state index contributed by atoms with van der Waals surface area (Å²) in [5, 5.41) is 2.06. The molecule has 0 amide bonds. The highest BCUT2D eigenvalue weighted by molar-refractivity contribution is 7.89. The fourth-order valence-corrected chi connectivity index (χ4v) is 1.51. The molecule has 0 aliphatic heterocycles. The molecule has 0 unspecified atom stereocenters. The second-order valence-corrected chi connectivity index (χ2v) is 4.13. The third kappa shape index (κ3) is 3.57. The second-order valence-electron chi connectivity index (χ2n) is 2.74. The van der Waals surface area contributed by atoms with E-state index in [4.69, 9.17) is 4.55 Å². The van der Waals surface area contributed by atoms with E-state index in [0.717, 1.165) is 0 Å². The fourth-order valence-electron chi connectivity index (χ4n) is 0.992. The van der Waals surface area contributed by atoms with Gasteiger partial charge in [-0.15, -0.1) is 0 Å². The van der Waals surface area contributed by atoms with E-state index in [1.54, 1.807) is 24.3 Å². The van der Waals surface area contributed by atoms with Crippen molar-refractivity contribution < 1.29 is 13.0 Å². The van der Waals surface area contributed by atoms with Gasteiger partial charge in [-0.05, 0) is 17.8 Å². The summed E-state index contributed by atoms with van der Waals surface area (Å²) in [4.78, 5) is 0. The Bertz CT molecular complexity index is 463. The van der Waals surface area contributed by atoms with Crippen LogP contribution in [0.4, 0.5) is 0 Å². The van der Waals surface area contributed by atoms with Crippen LogP contribution in [-0.2, 0) is 10.1 Å². The zero-order chi connectivity index (χ0) is 11.3. The molecule has 0 saturated heterocycles. The highest BCUT2D eigenvalue weighted by atomic mass is 32.2. The van der Waals surface area contributed by atoms with Crippen molar-refractivity contribution in [3.8, 4) is 0 Å². The topological polar surface area (TPSA) is 66.4 Å². The van der Waals surface area contributed by atoms with E-state index < -0.39 is 10.1 Å². The first-order chi connectivity index (χ1) is 7.04. The van der Waals surface area contributed by atoms with Gasteiger partial charge in [0.05, 0.1) is 0 Å². The predicted octanol–water partition coefficient (Wildman–Crippen LogP) is 1.61. The van der Waals surface area contributed by atoms with Crippen molar-refractivity contribution in [3.63, 3.8) is 0 Å². The van der Waals surface area contributed by atoms with E-state index in [1.165, 1.54) is 12.3 Å². The second kappa shape index (κ2) is 4.77. The molecule has 1 aromatic rings. The van der Waals surface area contributed by atoms with Gasteiger partial charge in [-0.3, -0.25) is 4.55 Å². The molecule has 0 spiro atoms. The van der Waals surface area contributed by atoms with Crippen LogP contribution in [0.5, 0.6) is 0 Å². The quantitative estimate of drug-likeness (QED) is 0.764. The zero-order valence-corrected chi connectivity index (χ0v) is 8.74. The lowest BCUT2D eigenvalue weighted by atomic mass is 10.2. The highest BCUT2D eigenvalue weighted by Gasteiger charge is 2.11. The molecule has 1 rings (SSSR count). The highest BCUT2D eigenvalue weighted by Crippen LogP contribution is 2.08. The number of nitrogens with one attached hydrogen (secondary N) is 1. The maximum absolute atomic E-state index is 10.9. The van der Waals surface area contributed by atoms with Gasteiger partial charge < -0.3 is 5.32 Å². The van der Waals surface area contributed by atoms with Crippen molar-refractivity contribution in [2.45, 2.75) is 0 Å². The van der Waals surface area contributed by atoms with E-state index in [2.05, 4.69) is 11.9 Å². The molecule has 0 saturated carbocycles. The molecule has 80 valence electrons. The average molecular weight is 225 g/mol. The van der Waals surface area contributed by atoms with Crippen molar-refractivity contribution >= 4 is 16.2 Å². The van der Waals surface area contributed by atoms with Crippen LogP contribution in [0.25, 0.3) is 6.08 Å². The monoisotopic (exact) mass is 225 g/mol. The average Bonchev–Trinajstić information content (AvgIpc) is 2.17. The van der Waals surface area contributed by atoms with Gasteiger partial charge in [0, 0.05) is 0 Å². The van der Waals surface area contributed by atoms with Crippen molar-refractivity contribution in [1.29, 1.82) is 0 Å². The molecule has 0 radical (unpaired) electrons. The standard InChI is InChI=1S/C10H11NO3S/c1-2-11-10(15(12,13)14)8-9-6-4-3-5-7-9/h2-8,11H,1H2,(H,12,13,14). The van der Waals surface area contributed by atoms with E-state index in [9.17, 15) is 8.42 Å². The summed E-state index contributed by atoms with van der Waals surface area (Å²) in [6, 6.07) is 8.78. The minimum absolute atomic E-state index is 0.302. The molecule has 0 aliphatic rings. The first-order valence-corrected chi connectivity index (χ1v) is 5.60. The fraction of sp³-hybridized carbons (Fsp3) is 0. The Hall–Kier alpha value is -1.59. The molecule has 0 fully saturated rings. The largest absolute Gasteiger partial charge is 0.351 e. The van der Waals surface area contributed by atoms with Crippen LogP contribution >= 0.6 is 0 Å². The lowest BCUT2D eigenvalue weighted by Gasteiger charge is -2.02. The number of benzene rings is 1. The van der Waals surface area contributed by atoms with Crippen LogP contribution in [0.15, 0.2) is 48.1 Å². The molecule has 5 heteroatoms. The summed E-state index contributed by atoms with van der Waals surface area (Å²) in [5.41, 5.74) is 0.666. The lowest BCUT2D eigenvalue weighted by Crippen LogP contribution is -2.14. The molecule has 2 N–H and O–H groups in total. The molecular weight excluding hydrogens is 214 g/mol. The van der Waals surface area contributed by atoms with Gasteiger partial charge in [-0.25, -0.2) is 0 Å². The van der Waals surface area contributed by atoms with Crippen molar-refractivity contribution in [2.24, 2.45) is 0 Å². The van der Waals surface area contributed by atoms with Crippen LogP contribution in [0, 0.1) is 0 Å². The van der Waals surface area contributed by atoms with E-state index >= 15 is 0 Å². The minimum Gasteiger partial charge on any atom is -0.351 e. The van der Waals surface area contributed by atoms with Crippen molar-refractivity contribution in [1.82, 2.24) is 5.32 Å². The Morgan fingerprint density at radius 3 is 2.40 bits per heavy atom. The maximum Gasteiger partial charge on any atom is 0.310 e. The molecule has 0 heterocycles. The van der Waals surface area contributed by atoms with E-state index in [1.807, 2.05) is 6.07 Å². The first-order valence-electron chi connectivity index (χ1n) is 4.15. The van der Waals surface area contributed by atoms with Crippen LogP contribution in [0.3, 0.4) is 0 Å². The van der Waals surface area contributed by atoms with Gasteiger partial charge in [-0.2, -0.15) is 8.42 Å². The predicted molar refractivity (Wildman–Crippen MR) is 59.3 cm³/mol. The summed E-state index contributed by atoms with van der Waals surface area (Å²) in [5.74, 6) is 0. The van der Waals surface area contributed by atoms with E-state index in [0.29, 0.717) is 5.56 Å². The van der Waals surface area contributed by atoms with E-state index in [-0.39, 0.29) is 5.03 Å². The molecule has 1 aromatic carbocycles. The molecular formula is C10H11NO3S. The zero-order valence-electron chi connectivity index (χ0n) is 7.92. The lowest BCUT2D eigenvalue weighted by molar-refractivity contribution is 0.489. The summed E-state index contributed by atoms with van der Waals surface area (Å²) in [6.45, 7) is 3.33. The Labute approximate surface area is 88.7 Å². The molecule has 0 aliphatic carbocycles. The third-order valence-electron chi connectivity index (χ3n) is 1.62. The molecule has 4 nitrogen and oxygen atoms in total. The summed E-state index contributed by atoms with van der Waals surface area (Å²) >= 11 is 0. The first kappa shape index (κ1) is 11.5. The smallest absolute Gasteiger partial charge is 0.310 e. The normalized spacial score (nSPS) is 12.2. The molecule has 0 bridgehead atoms. The van der Waals surface area contributed by atoms with Crippen LogP contribution < -0.4 is 5.32 Å². The van der Waals surface area contributed by atoms with Crippen LogP contribution in [-0.4, -0.2) is 13.0 Å². The Kier molecular flexibility index (Phi) is 3.65. The Morgan fingerprint density at radius 2 is 1.93 bits per heavy atom. The minimum atomic E-state index is -4.25. The number of rotatable bonds is 4. The summed E-state index contributed by atoms with van der Waals surface area (Å²) < 4.78 is 30.7. The van der Waals surface area contributed by atoms with Crippen LogP contribution in [0.2, 0.25) is 0 Å². The van der Waals surface area contributed by atoms with Crippen molar-refractivity contribution in [3.05, 3.63) is 53.7 Å². The van der Waals surface area contributed by atoms with Gasteiger partial charge in [0.2, 0.25) is 0 Å². The third-order valence-corrected chi connectivity index (χ3v) is 2.41. The maximum atomic E-state index is 10.9.